The molecule has 0 aliphatic carbocycles. The van der Waals surface area contributed by atoms with E-state index in [1.165, 1.54) is 0 Å². The number of nitrogens with one attached hydrogen (secondary N) is 1. The molecule has 1 aromatic rings. The molecule has 3 nitrogen and oxygen atoms in total. The molecule has 1 rings (SSSR count). The molecular weight excluding hydrogens is 330 g/mol. The first-order valence-corrected chi connectivity index (χ1v) is 9.94. The Morgan fingerprint density at radius 1 is 1.13 bits per heavy atom. The second-order valence-electron chi connectivity index (χ2n) is 5.88. The van der Waals surface area contributed by atoms with E-state index in [1.54, 1.807) is 12.1 Å². The fourth-order valence-electron chi connectivity index (χ4n) is 2.35. The Morgan fingerprint density at radius 2 is 1.78 bits per heavy atom. The number of unbranched alkanes of at least 4 members (excludes halogenated alkanes) is 3. The van der Waals surface area contributed by atoms with Crippen LogP contribution in [0.2, 0.25) is 0 Å². The van der Waals surface area contributed by atoms with Gasteiger partial charge in [0.2, 0.25) is 4.21 Å². The van der Waals surface area contributed by atoms with E-state index < -0.39 is 15.0 Å². The summed E-state index contributed by atoms with van der Waals surface area (Å²) in [6.45, 7) is 6.64. The number of alkyl halides is 1. The Bertz CT molecular complexity index is 518. The summed E-state index contributed by atoms with van der Waals surface area (Å²) in [7, 11) is -1.58. The standard InChI is InChI=1S/C18H28ClNO2S/c1-4-6-7-8-14-20-17(21)18(19,13-5-2)23(22)16-11-9-15(3)10-12-16/h9-12H,4-8,13-14H2,1-3H3,(H,20,21). The highest BCUT2D eigenvalue weighted by molar-refractivity contribution is 7.89. The molecule has 2 atom stereocenters. The first kappa shape index (κ1) is 20.2. The lowest BCUT2D eigenvalue weighted by atomic mass is 10.2. The van der Waals surface area contributed by atoms with Crippen LogP contribution in [0.4, 0.5) is 0 Å². The molecule has 0 saturated heterocycles. The number of aryl methyl sites for hydroxylation is 1. The molecule has 0 bridgehead atoms. The fourth-order valence-corrected chi connectivity index (χ4v) is 4.26. The molecule has 0 saturated carbocycles. The molecule has 5 heteroatoms. The molecule has 0 heterocycles. The molecular formula is C18H28ClNO2S. The molecule has 2 unspecified atom stereocenters. The van der Waals surface area contributed by atoms with Crippen LogP contribution in [0.3, 0.4) is 0 Å². The SMILES string of the molecule is CCCCCCNC(=O)C(Cl)(CCC)S(=O)c1ccc(C)cc1. The number of benzene rings is 1. The van der Waals surface area contributed by atoms with Gasteiger partial charge in [-0.05, 0) is 31.9 Å². The minimum absolute atomic E-state index is 0.323. The van der Waals surface area contributed by atoms with Crippen molar-refractivity contribution in [2.24, 2.45) is 0 Å². The molecule has 0 aliphatic heterocycles. The van der Waals surface area contributed by atoms with E-state index in [4.69, 9.17) is 11.6 Å². The summed E-state index contributed by atoms with van der Waals surface area (Å²) in [5.74, 6) is -0.323. The van der Waals surface area contributed by atoms with Crippen molar-refractivity contribution in [2.45, 2.75) is 68.4 Å². The van der Waals surface area contributed by atoms with Gasteiger partial charge in [0.15, 0.2) is 0 Å². The van der Waals surface area contributed by atoms with Crippen LogP contribution in [-0.2, 0) is 15.6 Å². The van der Waals surface area contributed by atoms with E-state index in [-0.39, 0.29) is 5.91 Å². The Hall–Kier alpha value is -0.870. The summed E-state index contributed by atoms with van der Waals surface area (Å²) >= 11 is 6.54. The summed E-state index contributed by atoms with van der Waals surface area (Å²) in [6.07, 6.45) is 5.41. The van der Waals surface area contributed by atoms with Gasteiger partial charge in [-0.3, -0.25) is 9.00 Å². The Balaban J connectivity index is 2.77. The Kier molecular flexibility index (Phi) is 8.85. The molecule has 1 amide bonds. The summed E-state index contributed by atoms with van der Waals surface area (Å²) in [5.41, 5.74) is 1.08. The monoisotopic (exact) mass is 357 g/mol. The number of carbonyl (C=O) groups is 1. The molecule has 23 heavy (non-hydrogen) atoms. The van der Waals surface area contributed by atoms with Gasteiger partial charge in [0.1, 0.15) is 0 Å². The van der Waals surface area contributed by atoms with Crippen LogP contribution in [0.5, 0.6) is 0 Å². The smallest absolute Gasteiger partial charge is 0.254 e. The minimum atomic E-state index is -1.58. The number of halogens is 1. The first-order chi connectivity index (χ1) is 11.0. The van der Waals surface area contributed by atoms with E-state index in [0.717, 1.165) is 31.2 Å². The molecule has 1 N–H and O–H groups in total. The quantitative estimate of drug-likeness (QED) is 0.493. The highest BCUT2D eigenvalue weighted by Gasteiger charge is 2.42. The van der Waals surface area contributed by atoms with Crippen LogP contribution in [0, 0.1) is 6.92 Å². The van der Waals surface area contributed by atoms with E-state index in [2.05, 4.69) is 12.2 Å². The Labute approximate surface area is 147 Å². The zero-order valence-corrected chi connectivity index (χ0v) is 15.9. The highest BCUT2D eigenvalue weighted by Crippen LogP contribution is 2.31. The largest absolute Gasteiger partial charge is 0.354 e. The summed E-state index contributed by atoms with van der Waals surface area (Å²) < 4.78 is 11.5. The van der Waals surface area contributed by atoms with Gasteiger partial charge < -0.3 is 5.32 Å². The molecule has 0 fully saturated rings. The zero-order chi connectivity index (χ0) is 17.3. The molecule has 0 spiro atoms. The van der Waals surface area contributed by atoms with Crippen molar-refractivity contribution in [3.05, 3.63) is 29.8 Å². The third-order valence-corrected chi connectivity index (χ3v) is 6.21. The third kappa shape index (κ3) is 5.92. The van der Waals surface area contributed by atoms with E-state index in [1.807, 2.05) is 26.0 Å². The van der Waals surface area contributed by atoms with Crippen molar-refractivity contribution >= 4 is 28.3 Å². The van der Waals surface area contributed by atoms with E-state index in [9.17, 15) is 9.00 Å². The van der Waals surface area contributed by atoms with Gasteiger partial charge in [0.05, 0.1) is 10.8 Å². The zero-order valence-electron chi connectivity index (χ0n) is 14.4. The van der Waals surface area contributed by atoms with E-state index in [0.29, 0.717) is 24.3 Å². The minimum Gasteiger partial charge on any atom is -0.354 e. The van der Waals surface area contributed by atoms with Gasteiger partial charge in [0.25, 0.3) is 5.91 Å². The maximum atomic E-state index is 12.9. The van der Waals surface area contributed by atoms with Crippen molar-refractivity contribution in [1.82, 2.24) is 5.32 Å². The molecule has 1 aromatic carbocycles. The number of hydrogen-bond acceptors (Lipinski definition) is 2. The van der Waals surface area contributed by atoms with Crippen molar-refractivity contribution < 1.29 is 9.00 Å². The van der Waals surface area contributed by atoms with Crippen LogP contribution < -0.4 is 5.32 Å². The summed E-state index contributed by atoms with van der Waals surface area (Å²) in [6, 6.07) is 7.35. The van der Waals surface area contributed by atoms with Gasteiger partial charge in [-0.15, -0.1) is 0 Å². The van der Waals surface area contributed by atoms with Crippen LogP contribution in [0.1, 0.15) is 57.9 Å². The van der Waals surface area contributed by atoms with Gasteiger partial charge in [-0.1, -0.05) is 68.8 Å². The second kappa shape index (κ2) is 10.1. The van der Waals surface area contributed by atoms with Gasteiger partial charge in [-0.25, -0.2) is 0 Å². The lowest BCUT2D eigenvalue weighted by molar-refractivity contribution is -0.121. The number of amides is 1. The van der Waals surface area contributed by atoms with Gasteiger partial charge >= 0.3 is 0 Å². The average Bonchev–Trinajstić information content (AvgIpc) is 2.54. The lowest BCUT2D eigenvalue weighted by Gasteiger charge is -2.25. The van der Waals surface area contributed by atoms with Crippen molar-refractivity contribution in [1.29, 1.82) is 0 Å². The number of rotatable bonds is 10. The first-order valence-electron chi connectivity index (χ1n) is 8.41. The molecule has 130 valence electrons. The number of hydrogen-bond donors (Lipinski definition) is 1. The van der Waals surface area contributed by atoms with Crippen LogP contribution in [-0.4, -0.2) is 20.9 Å². The predicted octanol–water partition coefficient (Wildman–Crippen LogP) is 4.53. The molecule has 0 aliphatic rings. The van der Waals surface area contributed by atoms with Gasteiger partial charge in [0, 0.05) is 11.4 Å². The summed E-state index contributed by atoms with van der Waals surface area (Å²) in [4.78, 5) is 13.1. The van der Waals surface area contributed by atoms with Gasteiger partial charge in [-0.2, -0.15) is 0 Å². The summed E-state index contributed by atoms with van der Waals surface area (Å²) in [5, 5.41) is 2.87. The number of carbonyl (C=O) groups excluding carboxylic acids is 1. The van der Waals surface area contributed by atoms with E-state index >= 15 is 0 Å². The van der Waals surface area contributed by atoms with Crippen molar-refractivity contribution in [2.75, 3.05) is 6.54 Å². The second-order valence-corrected chi connectivity index (χ2v) is 8.45. The maximum absolute atomic E-state index is 12.9. The molecule has 0 aromatic heterocycles. The maximum Gasteiger partial charge on any atom is 0.254 e. The highest BCUT2D eigenvalue weighted by atomic mass is 35.5. The predicted molar refractivity (Wildman–Crippen MR) is 98.2 cm³/mol. The van der Waals surface area contributed by atoms with Crippen LogP contribution in [0.15, 0.2) is 29.2 Å². The van der Waals surface area contributed by atoms with Crippen LogP contribution in [0.25, 0.3) is 0 Å². The third-order valence-electron chi connectivity index (χ3n) is 3.76. The van der Waals surface area contributed by atoms with Crippen LogP contribution >= 0.6 is 11.6 Å². The van der Waals surface area contributed by atoms with Crippen molar-refractivity contribution in [3.8, 4) is 0 Å². The topological polar surface area (TPSA) is 46.2 Å². The fraction of sp³-hybridized carbons (Fsp3) is 0.611. The Morgan fingerprint density at radius 3 is 2.35 bits per heavy atom. The average molecular weight is 358 g/mol. The normalized spacial score (nSPS) is 15.0. The lowest BCUT2D eigenvalue weighted by Crippen LogP contribution is -2.46. The molecule has 0 radical (unpaired) electrons. The van der Waals surface area contributed by atoms with Crippen molar-refractivity contribution in [3.63, 3.8) is 0 Å².